The quantitative estimate of drug-likeness (QED) is 0.438. The normalized spacial score (nSPS) is 10.0. The van der Waals surface area contributed by atoms with Gasteiger partial charge in [-0.1, -0.05) is 12.1 Å². The molecule has 0 radical (unpaired) electrons. The Morgan fingerprint density at radius 3 is 2.73 bits per heavy atom. The van der Waals surface area contributed by atoms with Crippen molar-refractivity contribution in [2.45, 2.75) is 6.92 Å². The van der Waals surface area contributed by atoms with Crippen molar-refractivity contribution in [2.75, 3.05) is 25.5 Å². The van der Waals surface area contributed by atoms with E-state index in [0.29, 0.717) is 17.8 Å². The van der Waals surface area contributed by atoms with Crippen LogP contribution in [0, 0.1) is 17.0 Å². The van der Waals surface area contributed by atoms with E-state index in [1.165, 1.54) is 0 Å². The molecule has 2 N–H and O–H groups in total. The molecule has 0 atom stereocenters. The van der Waals surface area contributed by atoms with Crippen LogP contribution in [0.3, 0.4) is 0 Å². The van der Waals surface area contributed by atoms with Gasteiger partial charge in [0, 0.05) is 18.7 Å². The molecule has 1 rings (SSSR count). The molecule has 1 aromatic carbocycles. The summed E-state index contributed by atoms with van der Waals surface area (Å²) in [5.74, 6) is 0. The Bertz CT molecular complexity index is 353. The predicted octanol–water partition coefficient (Wildman–Crippen LogP) is 1.53. The molecule has 15 heavy (non-hydrogen) atoms. The van der Waals surface area contributed by atoms with E-state index in [0.717, 1.165) is 6.54 Å². The molecule has 0 saturated heterocycles. The van der Waals surface area contributed by atoms with Gasteiger partial charge in [0.1, 0.15) is 5.69 Å². The molecular weight excluding hydrogens is 194 g/mol. The van der Waals surface area contributed by atoms with Gasteiger partial charge in [-0.05, 0) is 20.0 Å². The molecule has 82 valence electrons. The van der Waals surface area contributed by atoms with Gasteiger partial charge in [-0.15, -0.1) is 0 Å². The van der Waals surface area contributed by atoms with Gasteiger partial charge in [-0.25, -0.2) is 0 Å². The van der Waals surface area contributed by atoms with E-state index in [9.17, 15) is 10.1 Å². The molecule has 0 saturated carbocycles. The summed E-state index contributed by atoms with van der Waals surface area (Å²) >= 11 is 0. The highest BCUT2D eigenvalue weighted by Crippen LogP contribution is 2.27. The van der Waals surface area contributed by atoms with Gasteiger partial charge in [-0.2, -0.15) is 0 Å². The Balaban J connectivity index is 2.86. The minimum absolute atomic E-state index is 0.161. The van der Waals surface area contributed by atoms with Gasteiger partial charge in [0.25, 0.3) is 5.69 Å². The first kappa shape index (κ1) is 11.5. The average Bonchev–Trinajstić information content (AvgIpc) is 2.17. The van der Waals surface area contributed by atoms with Crippen LogP contribution in [0.25, 0.3) is 0 Å². The fourth-order valence-electron chi connectivity index (χ4n) is 1.37. The van der Waals surface area contributed by atoms with Gasteiger partial charge in [0.15, 0.2) is 0 Å². The smallest absolute Gasteiger partial charge is 0.295 e. The van der Waals surface area contributed by atoms with Crippen LogP contribution in [-0.2, 0) is 0 Å². The summed E-state index contributed by atoms with van der Waals surface area (Å²) < 4.78 is 0. The fraction of sp³-hybridized carbons (Fsp3) is 0.400. The highest BCUT2D eigenvalue weighted by molar-refractivity contribution is 5.64. The van der Waals surface area contributed by atoms with Crippen LogP contribution in [0.15, 0.2) is 18.2 Å². The van der Waals surface area contributed by atoms with Gasteiger partial charge >= 0.3 is 0 Å². The first-order valence-corrected chi connectivity index (χ1v) is 4.79. The second-order valence-electron chi connectivity index (χ2n) is 3.26. The van der Waals surface area contributed by atoms with Crippen molar-refractivity contribution >= 4 is 11.4 Å². The molecule has 0 bridgehead atoms. The van der Waals surface area contributed by atoms with Crippen molar-refractivity contribution in [3.63, 3.8) is 0 Å². The summed E-state index contributed by atoms with van der Waals surface area (Å²) in [5.41, 5.74) is 1.42. The molecule has 0 spiro atoms. The maximum atomic E-state index is 10.8. The third kappa shape index (κ3) is 2.92. The monoisotopic (exact) mass is 209 g/mol. The molecular formula is C10H15N3O2. The number of benzene rings is 1. The lowest BCUT2D eigenvalue weighted by atomic mass is 10.1. The predicted molar refractivity (Wildman–Crippen MR) is 60.2 cm³/mol. The number of rotatable bonds is 5. The molecule has 1 aromatic rings. The highest BCUT2D eigenvalue weighted by Gasteiger charge is 2.15. The second kappa shape index (κ2) is 5.31. The molecule has 0 aromatic heterocycles. The number of hydrogen-bond acceptors (Lipinski definition) is 4. The number of nitrogens with zero attached hydrogens (tertiary/aromatic N) is 1. The zero-order chi connectivity index (χ0) is 11.3. The van der Waals surface area contributed by atoms with Crippen molar-refractivity contribution in [3.8, 4) is 0 Å². The molecule has 0 aliphatic rings. The van der Waals surface area contributed by atoms with Crippen LogP contribution in [0.5, 0.6) is 0 Å². The van der Waals surface area contributed by atoms with Crippen molar-refractivity contribution in [1.29, 1.82) is 0 Å². The lowest BCUT2D eigenvalue weighted by molar-refractivity contribution is -0.384. The highest BCUT2D eigenvalue weighted by atomic mass is 16.6. The maximum absolute atomic E-state index is 10.8. The SMILES string of the molecule is CNCCNc1cccc(C)c1[N+](=O)[O-]. The van der Waals surface area contributed by atoms with Crippen molar-refractivity contribution in [3.05, 3.63) is 33.9 Å². The van der Waals surface area contributed by atoms with E-state index < -0.39 is 0 Å². The lowest BCUT2D eigenvalue weighted by Gasteiger charge is -2.07. The topological polar surface area (TPSA) is 67.2 Å². The maximum Gasteiger partial charge on any atom is 0.295 e. The fourth-order valence-corrected chi connectivity index (χ4v) is 1.37. The van der Waals surface area contributed by atoms with E-state index >= 15 is 0 Å². The number of nitro benzene ring substituents is 1. The third-order valence-corrected chi connectivity index (χ3v) is 2.11. The summed E-state index contributed by atoms with van der Waals surface area (Å²) in [6.45, 7) is 3.17. The van der Waals surface area contributed by atoms with Gasteiger partial charge in [0.05, 0.1) is 4.92 Å². The molecule has 0 unspecified atom stereocenters. The van der Waals surface area contributed by atoms with Crippen LogP contribution in [0.1, 0.15) is 5.56 Å². The first-order chi connectivity index (χ1) is 7.16. The molecule has 0 amide bonds. The number of anilines is 1. The molecule has 0 fully saturated rings. The van der Waals surface area contributed by atoms with E-state index in [4.69, 9.17) is 0 Å². The van der Waals surface area contributed by atoms with E-state index in [1.54, 1.807) is 19.1 Å². The molecule has 0 aliphatic carbocycles. The van der Waals surface area contributed by atoms with Crippen LogP contribution >= 0.6 is 0 Å². The van der Waals surface area contributed by atoms with E-state index in [2.05, 4.69) is 10.6 Å². The minimum Gasteiger partial charge on any atom is -0.378 e. The number of aryl methyl sites for hydroxylation is 1. The number of para-hydroxylation sites is 1. The number of nitro groups is 1. The van der Waals surface area contributed by atoms with E-state index in [1.807, 2.05) is 13.1 Å². The van der Waals surface area contributed by atoms with E-state index in [-0.39, 0.29) is 10.6 Å². The van der Waals surface area contributed by atoms with Gasteiger partial charge in [-0.3, -0.25) is 10.1 Å². The van der Waals surface area contributed by atoms with Crippen molar-refractivity contribution in [2.24, 2.45) is 0 Å². The zero-order valence-electron chi connectivity index (χ0n) is 8.91. The largest absolute Gasteiger partial charge is 0.378 e. The summed E-state index contributed by atoms with van der Waals surface area (Å²) in [7, 11) is 1.84. The molecule has 5 nitrogen and oxygen atoms in total. The van der Waals surface area contributed by atoms with Gasteiger partial charge in [0.2, 0.25) is 0 Å². The van der Waals surface area contributed by atoms with Crippen LogP contribution in [0.2, 0.25) is 0 Å². The summed E-state index contributed by atoms with van der Waals surface area (Å²) in [5, 5.41) is 16.8. The van der Waals surface area contributed by atoms with Crippen LogP contribution < -0.4 is 10.6 Å². The Kier molecular flexibility index (Phi) is 4.05. The number of hydrogen-bond donors (Lipinski definition) is 2. The first-order valence-electron chi connectivity index (χ1n) is 4.79. The Morgan fingerprint density at radius 2 is 2.13 bits per heavy atom. The third-order valence-electron chi connectivity index (χ3n) is 2.11. The minimum atomic E-state index is -0.350. The summed E-state index contributed by atoms with van der Waals surface area (Å²) in [4.78, 5) is 10.5. The zero-order valence-corrected chi connectivity index (χ0v) is 8.91. The molecule has 0 aliphatic heterocycles. The van der Waals surface area contributed by atoms with Crippen molar-refractivity contribution < 1.29 is 4.92 Å². The lowest BCUT2D eigenvalue weighted by Crippen LogP contribution is -2.18. The summed E-state index contributed by atoms with van der Waals surface area (Å²) in [6.07, 6.45) is 0. The van der Waals surface area contributed by atoms with Gasteiger partial charge < -0.3 is 10.6 Å². The number of nitrogens with one attached hydrogen (secondary N) is 2. The standard InChI is InChI=1S/C10H15N3O2/c1-8-4-3-5-9(10(8)13(14)15)12-7-6-11-2/h3-5,11-12H,6-7H2,1-2H3. The summed E-state index contributed by atoms with van der Waals surface area (Å²) in [6, 6.07) is 5.27. The Hall–Kier alpha value is -1.62. The second-order valence-corrected chi connectivity index (χ2v) is 3.26. The Labute approximate surface area is 88.6 Å². The number of likely N-dealkylation sites (N-methyl/N-ethyl adjacent to an activating group) is 1. The molecule has 0 heterocycles. The molecule has 5 heteroatoms. The average molecular weight is 209 g/mol. The van der Waals surface area contributed by atoms with Crippen LogP contribution in [0.4, 0.5) is 11.4 Å². The van der Waals surface area contributed by atoms with Crippen molar-refractivity contribution in [1.82, 2.24) is 5.32 Å². The Morgan fingerprint density at radius 1 is 1.40 bits per heavy atom. The van der Waals surface area contributed by atoms with Crippen LogP contribution in [-0.4, -0.2) is 25.1 Å².